The van der Waals surface area contributed by atoms with E-state index >= 15 is 0 Å². The molecule has 0 aliphatic heterocycles. The molecule has 4 nitrogen and oxygen atoms in total. The minimum atomic E-state index is -0.500. The van der Waals surface area contributed by atoms with Crippen LogP contribution in [0.15, 0.2) is 48.6 Å². The SMILES string of the molecule is C1=CC=CC=CC=C1.CC(C)(C)O.CC(C)(C)O.CC(C)(C)O.CC(C)(C)O.[W]#[W]. The number of rotatable bonds is 0. The Hall–Kier alpha value is 0.177. The van der Waals surface area contributed by atoms with Gasteiger partial charge in [-0.15, -0.1) is 0 Å². The van der Waals surface area contributed by atoms with Gasteiger partial charge in [0.15, 0.2) is 0 Å². The van der Waals surface area contributed by atoms with Crippen molar-refractivity contribution in [1.29, 1.82) is 0 Å². The topological polar surface area (TPSA) is 80.9 Å². The molecule has 0 atom stereocenters. The molecule has 0 heterocycles. The number of hydrogen-bond donors (Lipinski definition) is 4. The van der Waals surface area contributed by atoms with Crippen molar-refractivity contribution in [2.24, 2.45) is 0 Å². The molecule has 0 unspecified atom stereocenters. The molecule has 1 aliphatic rings. The second kappa shape index (κ2) is 22.4. The van der Waals surface area contributed by atoms with Crippen molar-refractivity contribution < 1.29 is 52.3 Å². The van der Waals surface area contributed by atoms with E-state index in [2.05, 4.69) is 0 Å². The number of aliphatic hydroxyl groups is 4. The average Bonchev–Trinajstić information content (AvgIpc) is 2.31. The van der Waals surface area contributed by atoms with Gasteiger partial charge in [-0.2, -0.15) is 0 Å². The molecule has 0 aromatic rings. The molecular formula is C24H48O4W2. The van der Waals surface area contributed by atoms with E-state index in [0.29, 0.717) is 0 Å². The Morgan fingerprint density at radius 3 is 0.400 bits per heavy atom. The van der Waals surface area contributed by atoms with Crippen LogP contribution in [0, 0.1) is 0 Å². The van der Waals surface area contributed by atoms with E-state index in [1.165, 1.54) is 0 Å². The summed E-state index contributed by atoms with van der Waals surface area (Å²) < 4.78 is 0. The van der Waals surface area contributed by atoms with Crippen molar-refractivity contribution in [1.82, 2.24) is 0 Å². The van der Waals surface area contributed by atoms with Gasteiger partial charge in [-0.1, -0.05) is 48.6 Å². The molecule has 0 saturated carbocycles. The summed E-state index contributed by atoms with van der Waals surface area (Å²) >= 11 is 3.33. The van der Waals surface area contributed by atoms with Gasteiger partial charge in [-0.3, -0.25) is 0 Å². The molecule has 0 aromatic carbocycles. The Bertz CT molecular complexity index is 363. The fraction of sp³-hybridized carbons (Fsp3) is 0.667. The van der Waals surface area contributed by atoms with E-state index in [-0.39, 0.29) is 0 Å². The molecule has 0 amide bonds. The third-order valence-electron chi connectivity index (χ3n) is 0.889. The average molecular weight is 768 g/mol. The maximum absolute atomic E-state index is 8.52. The van der Waals surface area contributed by atoms with Crippen LogP contribution >= 0.6 is 0 Å². The fourth-order valence-corrected chi connectivity index (χ4v) is 0.513. The summed E-state index contributed by atoms with van der Waals surface area (Å²) in [6.45, 7) is 20.9. The molecule has 0 spiro atoms. The normalized spacial score (nSPS) is 12.3. The predicted molar refractivity (Wildman–Crippen MR) is 124 cm³/mol. The summed E-state index contributed by atoms with van der Waals surface area (Å²) in [6, 6.07) is 0. The van der Waals surface area contributed by atoms with Gasteiger partial charge in [-0.25, -0.2) is 0 Å². The van der Waals surface area contributed by atoms with Crippen LogP contribution in [0.25, 0.3) is 0 Å². The van der Waals surface area contributed by atoms with Gasteiger partial charge >= 0.3 is 31.9 Å². The Kier molecular flexibility index (Phi) is 30.2. The van der Waals surface area contributed by atoms with Gasteiger partial charge < -0.3 is 20.4 Å². The van der Waals surface area contributed by atoms with Crippen LogP contribution in [-0.4, -0.2) is 42.8 Å². The van der Waals surface area contributed by atoms with Crippen LogP contribution in [0.3, 0.4) is 0 Å². The first kappa shape index (κ1) is 40.5. The van der Waals surface area contributed by atoms with E-state index in [9.17, 15) is 0 Å². The van der Waals surface area contributed by atoms with E-state index < -0.39 is 22.4 Å². The van der Waals surface area contributed by atoms with Crippen LogP contribution in [0.2, 0.25) is 0 Å². The van der Waals surface area contributed by atoms with Gasteiger partial charge in [0, 0.05) is 0 Å². The Morgan fingerprint density at radius 2 is 0.367 bits per heavy atom. The summed E-state index contributed by atoms with van der Waals surface area (Å²) in [6.07, 6.45) is 16.0. The van der Waals surface area contributed by atoms with Gasteiger partial charge in [0.25, 0.3) is 0 Å². The van der Waals surface area contributed by atoms with Crippen molar-refractivity contribution >= 4 is 0 Å². The van der Waals surface area contributed by atoms with Crippen LogP contribution in [0.1, 0.15) is 83.1 Å². The molecule has 30 heavy (non-hydrogen) atoms. The summed E-state index contributed by atoms with van der Waals surface area (Å²) in [4.78, 5) is 0. The Balaban J connectivity index is -0.0000000866. The molecule has 0 radical (unpaired) electrons. The van der Waals surface area contributed by atoms with Gasteiger partial charge in [0.05, 0.1) is 22.4 Å². The predicted octanol–water partition coefficient (Wildman–Crippen LogP) is 5.33. The van der Waals surface area contributed by atoms with Crippen molar-refractivity contribution in [2.75, 3.05) is 0 Å². The summed E-state index contributed by atoms with van der Waals surface area (Å²) in [5.41, 5.74) is -2.00. The molecule has 0 saturated heterocycles. The first-order valence-corrected chi connectivity index (χ1v) is 20.7. The van der Waals surface area contributed by atoms with E-state index in [1.807, 2.05) is 48.6 Å². The molecule has 1 aliphatic carbocycles. The van der Waals surface area contributed by atoms with Crippen LogP contribution in [0.5, 0.6) is 0 Å². The van der Waals surface area contributed by atoms with Crippen molar-refractivity contribution in [2.45, 2.75) is 105 Å². The molecule has 0 bridgehead atoms. The second-order valence-electron chi connectivity index (χ2n) is 10.2. The minimum absolute atomic E-state index is 0.500. The Labute approximate surface area is 205 Å². The Morgan fingerprint density at radius 1 is 0.333 bits per heavy atom. The van der Waals surface area contributed by atoms with Crippen LogP contribution in [0.4, 0.5) is 0 Å². The summed E-state index contributed by atoms with van der Waals surface area (Å²) in [5.74, 6) is 0. The maximum atomic E-state index is 8.52. The number of allylic oxidation sites excluding steroid dienone is 8. The molecule has 4 N–H and O–H groups in total. The van der Waals surface area contributed by atoms with E-state index in [0.717, 1.165) is 0 Å². The third kappa shape index (κ3) is 311. The quantitative estimate of drug-likeness (QED) is 0.269. The van der Waals surface area contributed by atoms with Gasteiger partial charge in [-0.05, 0) is 83.1 Å². The second-order valence-corrected chi connectivity index (χ2v) is 10.2. The molecule has 0 aromatic heterocycles. The monoisotopic (exact) mass is 768 g/mol. The van der Waals surface area contributed by atoms with E-state index in [1.54, 1.807) is 115 Å². The summed E-state index contributed by atoms with van der Waals surface area (Å²) in [5, 5.41) is 34.1. The zero-order chi connectivity index (χ0) is 25.7. The van der Waals surface area contributed by atoms with E-state index in [4.69, 9.17) is 20.4 Å². The standard InChI is InChI=1S/C8H8.4C4H10O.2W/c1-2-4-6-8-7-5-3-1;4*1-4(2,3)5;;/h1-8H;4*5H,1-3H3;;. The molecule has 180 valence electrons. The molecule has 6 heteroatoms. The molecule has 0 fully saturated rings. The van der Waals surface area contributed by atoms with Crippen molar-refractivity contribution in [3.8, 4) is 0 Å². The van der Waals surface area contributed by atoms with Crippen molar-refractivity contribution in [3.63, 3.8) is 0 Å². The van der Waals surface area contributed by atoms with Gasteiger partial charge in [0.1, 0.15) is 0 Å². The molecular weight excluding hydrogens is 720 g/mol. The molecule has 1 rings (SSSR count). The third-order valence-corrected chi connectivity index (χ3v) is 0.889. The van der Waals surface area contributed by atoms with Gasteiger partial charge in [0.2, 0.25) is 0 Å². The van der Waals surface area contributed by atoms with Crippen LogP contribution in [-0.2, 0) is 31.9 Å². The van der Waals surface area contributed by atoms with Crippen LogP contribution < -0.4 is 0 Å². The first-order chi connectivity index (χ1) is 13.0. The summed E-state index contributed by atoms with van der Waals surface area (Å²) in [7, 11) is 0. The number of hydrogen-bond acceptors (Lipinski definition) is 4. The zero-order valence-corrected chi connectivity index (χ0v) is 27.1. The first-order valence-electron chi connectivity index (χ1n) is 9.73. The van der Waals surface area contributed by atoms with Crippen molar-refractivity contribution in [3.05, 3.63) is 48.6 Å². The zero-order valence-electron chi connectivity index (χ0n) is 21.2. The fourth-order valence-electron chi connectivity index (χ4n) is 0.513.